The monoisotopic (exact) mass is 233 g/mol. The van der Waals surface area contributed by atoms with Gasteiger partial charge in [0.15, 0.2) is 0 Å². The van der Waals surface area contributed by atoms with Crippen LogP contribution in [0.1, 0.15) is 10.5 Å². The van der Waals surface area contributed by atoms with Crippen LogP contribution in [0.15, 0.2) is 18.6 Å². The number of methoxy groups -OCH3 is 1. The lowest BCUT2D eigenvalue weighted by molar-refractivity contribution is 0.0992. The van der Waals surface area contributed by atoms with Crippen molar-refractivity contribution in [1.82, 2.24) is 19.7 Å². The fraction of sp³-hybridized carbons (Fsp3) is 0.200. The maximum absolute atomic E-state index is 11.3. The van der Waals surface area contributed by atoms with Crippen LogP contribution in [0, 0.1) is 0 Å². The van der Waals surface area contributed by atoms with E-state index in [1.807, 2.05) is 0 Å². The van der Waals surface area contributed by atoms with Crippen molar-refractivity contribution in [3.8, 4) is 17.1 Å². The second kappa shape index (κ2) is 4.20. The van der Waals surface area contributed by atoms with Gasteiger partial charge in [0.1, 0.15) is 5.69 Å². The summed E-state index contributed by atoms with van der Waals surface area (Å²) in [6.07, 6.45) is 4.51. The van der Waals surface area contributed by atoms with E-state index in [9.17, 15) is 4.79 Å². The number of rotatable bonds is 3. The lowest BCUT2D eigenvalue weighted by Crippen LogP contribution is -2.17. The lowest BCUT2D eigenvalue weighted by atomic mass is 10.2. The molecule has 7 nitrogen and oxygen atoms in total. The van der Waals surface area contributed by atoms with Gasteiger partial charge in [0, 0.05) is 7.05 Å². The number of carbonyl (C=O) groups excluding carboxylic acids is 1. The molecule has 0 aliphatic rings. The van der Waals surface area contributed by atoms with Crippen LogP contribution in [0.3, 0.4) is 0 Å². The molecule has 2 rings (SSSR count). The van der Waals surface area contributed by atoms with Gasteiger partial charge < -0.3 is 10.5 Å². The van der Waals surface area contributed by atoms with Crippen molar-refractivity contribution in [3.05, 3.63) is 24.3 Å². The molecule has 2 aromatic rings. The molecule has 0 saturated heterocycles. The predicted molar refractivity (Wildman–Crippen MR) is 59.3 cm³/mol. The maximum Gasteiger partial charge on any atom is 0.267 e. The van der Waals surface area contributed by atoms with Gasteiger partial charge in [0.25, 0.3) is 5.91 Å². The average molecular weight is 233 g/mol. The number of aromatic nitrogens is 4. The highest BCUT2D eigenvalue weighted by molar-refractivity contribution is 5.97. The summed E-state index contributed by atoms with van der Waals surface area (Å²) >= 11 is 0. The Morgan fingerprint density at radius 1 is 1.41 bits per heavy atom. The summed E-state index contributed by atoms with van der Waals surface area (Å²) in [6, 6.07) is 0. The zero-order valence-electron chi connectivity index (χ0n) is 9.41. The molecule has 0 spiro atoms. The number of primary amides is 1. The number of hydrogen-bond acceptors (Lipinski definition) is 5. The topological polar surface area (TPSA) is 95.9 Å². The van der Waals surface area contributed by atoms with Crippen molar-refractivity contribution < 1.29 is 9.53 Å². The molecule has 0 aliphatic carbocycles. The first-order chi connectivity index (χ1) is 8.13. The van der Waals surface area contributed by atoms with Gasteiger partial charge in [-0.1, -0.05) is 0 Å². The zero-order chi connectivity index (χ0) is 12.4. The summed E-state index contributed by atoms with van der Waals surface area (Å²) in [7, 11) is 3.13. The van der Waals surface area contributed by atoms with Gasteiger partial charge in [0.05, 0.1) is 37.0 Å². The van der Waals surface area contributed by atoms with Gasteiger partial charge in [-0.05, 0) is 0 Å². The van der Waals surface area contributed by atoms with Gasteiger partial charge in [-0.25, -0.2) is 4.98 Å². The summed E-state index contributed by atoms with van der Waals surface area (Å²) in [4.78, 5) is 19.5. The highest BCUT2D eigenvalue weighted by Gasteiger charge is 2.17. The average Bonchev–Trinajstić information content (AvgIpc) is 2.71. The molecule has 0 aliphatic heterocycles. The van der Waals surface area contributed by atoms with Gasteiger partial charge in [-0.3, -0.25) is 14.5 Å². The number of carbonyl (C=O) groups is 1. The Bertz CT molecular complexity index is 564. The fourth-order valence-electron chi connectivity index (χ4n) is 1.49. The summed E-state index contributed by atoms with van der Waals surface area (Å²) in [5, 5.41) is 3.98. The van der Waals surface area contributed by atoms with E-state index in [2.05, 4.69) is 15.1 Å². The molecule has 0 atom stereocenters. The molecule has 2 heterocycles. The van der Waals surface area contributed by atoms with Gasteiger partial charge in [-0.2, -0.15) is 5.10 Å². The first-order valence-electron chi connectivity index (χ1n) is 4.81. The molecule has 2 aromatic heterocycles. The molecule has 0 unspecified atom stereocenters. The third-order valence-electron chi connectivity index (χ3n) is 2.27. The van der Waals surface area contributed by atoms with E-state index in [1.54, 1.807) is 7.05 Å². The molecule has 0 aromatic carbocycles. The standard InChI is InChI=1S/C10H11N5O2/c1-15-9(10(11)16)6(3-13-15)7-4-12-5-8(14-7)17-2/h3-5H,1-2H3,(H2,11,16). The number of amides is 1. The Balaban J connectivity index is 2.56. The van der Waals surface area contributed by atoms with Crippen molar-refractivity contribution in [1.29, 1.82) is 0 Å². The molecule has 7 heteroatoms. The first kappa shape index (κ1) is 11.1. The van der Waals surface area contributed by atoms with Crippen molar-refractivity contribution in [2.75, 3.05) is 7.11 Å². The minimum absolute atomic E-state index is 0.285. The summed E-state index contributed by atoms with van der Waals surface area (Å²) in [5.74, 6) is -0.202. The molecule has 0 radical (unpaired) electrons. The second-order valence-electron chi connectivity index (χ2n) is 3.34. The molecule has 88 valence electrons. The van der Waals surface area contributed by atoms with Crippen molar-refractivity contribution in [2.45, 2.75) is 0 Å². The SMILES string of the molecule is COc1cncc(-c2cnn(C)c2C(N)=O)n1. The minimum Gasteiger partial charge on any atom is -0.480 e. The Morgan fingerprint density at radius 2 is 2.18 bits per heavy atom. The largest absolute Gasteiger partial charge is 0.480 e. The lowest BCUT2D eigenvalue weighted by Gasteiger charge is -2.03. The van der Waals surface area contributed by atoms with E-state index in [0.717, 1.165) is 0 Å². The Labute approximate surface area is 97.2 Å². The van der Waals surface area contributed by atoms with E-state index in [1.165, 1.54) is 30.4 Å². The highest BCUT2D eigenvalue weighted by atomic mass is 16.5. The van der Waals surface area contributed by atoms with Crippen LogP contribution < -0.4 is 10.5 Å². The Hall–Kier alpha value is -2.44. The number of ether oxygens (including phenoxy) is 1. The summed E-state index contributed by atoms with van der Waals surface area (Å²) in [6.45, 7) is 0. The smallest absolute Gasteiger partial charge is 0.267 e. The summed E-state index contributed by atoms with van der Waals surface area (Å²) in [5.41, 5.74) is 6.60. The second-order valence-corrected chi connectivity index (χ2v) is 3.34. The van der Waals surface area contributed by atoms with Crippen molar-refractivity contribution >= 4 is 5.91 Å². The van der Waals surface area contributed by atoms with Crippen molar-refractivity contribution in [3.63, 3.8) is 0 Å². The molecule has 1 amide bonds. The number of aryl methyl sites for hydroxylation is 1. The summed E-state index contributed by atoms with van der Waals surface area (Å²) < 4.78 is 6.37. The zero-order valence-corrected chi connectivity index (χ0v) is 9.41. The van der Waals surface area contributed by atoms with Crippen LogP contribution in [0.4, 0.5) is 0 Å². The molecule has 0 fully saturated rings. The van der Waals surface area contributed by atoms with Crippen LogP contribution >= 0.6 is 0 Å². The van der Waals surface area contributed by atoms with E-state index in [-0.39, 0.29) is 5.69 Å². The van der Waals surface area contributed by atoms with E-state index in [4.69, 9.17) is 10.5 Å². The highest BCUT2D eigenvalue weighted by Crippen LogP contribution is 2.21. The minimum atomic E-state index is -0.565. The quantitative estimate of drug-likeness (QED) is 0.804. The van der Waals surface area contributed by atoms with Crippen LogP contribution in [0.5, 0.6) is 5.88 Å². The molecule has 2 N–H and O–H groups in total. The van der Waals surface area contributed by atoms with E-state index >= 15 is 0 Å². The van der Waals surface area contributed by atoms with Gasteiger partial charge >= 0.3 is 0 Å². The van der Waals surface area contributed by atoms with Crippen LogP contribution in [-0.4, -0.2) is 32.8 Å². The molecule has 17 heavy (non-hydrogen) atoms. The van der Waals surface area contributed by atoms with Crippen LogP contribution in [-0.2, 0) is 7.05 Å². The predicted octanol–water partition coefficient (Wildman–Crippen LogP) is -0.0154. The number of nitrogens with two attached hydrogens (primary N) is 1. The molecular weight excluding hydrogens is 222 g/mol. The Morgan fingerprint density at radius 3 is 2.82 bits per heavy atom. The maximum atomic E-state index is 11.3. The third-order valence-corrected chi connectivity index (χ3v) is 2.27. The molecule has 0 saturated carbocycles. The van der Waals surface area contributed by atoms with Crippen LogP contribution in [0.25, 0.3) is 11.3 Å². The normalized spacial score (nSPS) is 10.2. The fourth-order valence-corrected chi connectivity index (χ4v) is 1.49. The number of hydrogen-bond donors (Lipinski definition) is 1. The molecule has 0 bridgehead atoms. The van der Waals surface area contributed by atoms with Gasteiger partial charge in [-0.15, -0.1) is 0 Å². The third kappa shape index (κ3) is 1.94. The first-order valence-corrected chi connectivity index (χ1v) is 4.81. The van der Waals surface area contributed by atoms with Crippen molar-refractivity contribution in [2.24, 2.45) is 12.8 Å². The van der Waals surface area contributed by atoms with E-state index in [0.29, 0.717) is 17.1 Å². The van der Waals surface area contributed by atoms with E-state index < -0.39 is 5.91 Å². The van der Waals surface area contributed by atoms with Gasteiger partial charge in [0.2, 0.25) is 5.88 Å². The molecular formula is C10H11N5O2. The van der Waals surface area contributed by atoms with Crippen LogP contribution in [0.2, 0.25) is 0 Å². The Kier molecular flexibility index (Phi) is 2.73. The number of nitrogens with zero attached hydrogens (tertiary/aromatic N) is 4.